The summed E-state index contributed by atoms with van der Waals surface area (Å²) in [5, 5.41) is 6.48. The monoisotopic (exact) mass is 352 g/mol. The molecule has 2 N–H and O–H groups in total. The first-order valence-electron chi connectivity index (χ1n) is 8.26. The predicted octanol–water partition coefficient (Wildman–Crippen LogP) is 2.99. The van der Waals surface area contributed by atoms with Crippen LogP contribution in [0.25, 0.3) is 11.0 Å². The average molecular weight is 353 g/mol. The lowest BCUT2D eigenvalue weighted by atomic mass is 9.89. The summed E-state index contributed by atoms with van der Waals surface area (Å²) in [5.74, 6) is 0.599. The molecule has 2 bridgehead atoms. The Labute approximate surface area is 146 Å². The van der Waals surface area contributed by atoms with Gasteiger partial charge in [0.1, 0.15) is 5.82 Å². The molecule has 1 aromatic carbocycles. The zero-order chi connectivity index (χ0) is 16.0. The van der Waals surface area contributed by atoms with Crippen molar-refractivity contribution in [1.82, 2.24) is 14.9 Å². The van der Waals surface area contributed by atoms with E-state index < -0.39 is 0 Å². The summed E-state index contributed by atoms with van der Waals surface area (Å²) in [6, 6.07) is 5.64. The number of fused-ring (bicyclic) bond motifs is 3. The number of hydrogen-bond acceptors (Lipinski definition) is 3. The molecule has 0 radical (unpaired) electrons. The van der Waals surface area contributed by atoms with Crippen molar-refractivity contribution in [1.29, 1.82) is 0 Å². The normalized spacial score (nSPS) is 25.5. The summed E-state index contributed by atoms with van der Waals surface area (Å²) in [7, 11) is 1.83. The van der Waals surface area contributed by atoms with Crippen LogP contribution in [0.15, 0.2) is 18.2 Å². The number of imidazole rings is 1. The van der Waals surface area contributed by atoms with Crippen LogP contribution in [-0.4, -0.2) is 27.5 Å². The summed E-state index contributed by atoms with van der Waals surface area (Å²) < 4.78 is 15.1. The molecule has 0 spiro atoms. The molecule has 1 aromatic heterocycles. The van der Waals surface area contributed by atoms with Gasteiger partial charge in [-0.05, 0) is 43.7 Å². The van der Waals surface area contributed by atoms with E-state index >= 15 is 0 Å². The van der Waals surface area contributed by atoms with Gasteiger partial charge < -0.3 is 9.88 Å². The number of piperidine rings is 1. The lowest BCUT2D eigenvalue weighted by Crippen LogP contribution is -2.39. The molecule has 24 heavy (non-hydrogen) atoms. The van der Waals surface area contributed by atoms with E-state index in [0.29, 0.717) is 35.9 Å². The predicted molar refractivity (Wildman–Crippen MR) is 93.8 cm³/mol. The number of nitrogens with one attached hydrogen (secondary N) is 2. The largest absolute Gasteiger partial charge is 0.313 e. The number of anilines is 1. The summed E-state index contributed by atoms with van der Waals surface area (Å²) in [6.07, 6.45) is 5.17. The van der Waals surface area contributed by atoms with Crippen molar-refractivity contribution in [3.05, 3.63) is 24.0 Å². The molecule has 2 aliphatic heterocycles. The molecule has 3 heterocycles. The highest BCUT2D eigenvalue weighted by molar-refractivity contribution is 5.91. The molecule has 2 aliphatic rings. The minimum Gasteiger partial charge on any atom is -0.313 e. The molecule has 2 saturated heterocycles. The van der Waals surface area contributed by atoms with Gasteiger partial charge in [-0.25, -0.2) is 9.37 Å². The van der Waals surface area contributed by atoms with Crippen LogP contribution in [0.4, 0.5) is 10.3 Å². The minimum atomic E-state index is -0.321. The average Bonchev–Trinajstić information content (AvgIpc) is 2.99. The van der Waals surface area contributed by atoms with Crippen molar-refractivity contribution in [2.45, 2.75) is 44.2 Å². The number of benzene rings is 1. The lowest BCUT2D eigenvalue weighted by Gasteiger charge is -2.28. The van der Waals surface area contributed by atoms with Gasteiger partial charge in [-0.3, -0.25) is 10.1 Å². The second-order valence-electron chi connectivity index (χ2n) is 6.86. The molecule has 1 amide bonds. The highest BCUT2D eigenvalue weighted by Crippen LogP contribution is 2.32. The van der Waals surface area contributed by atoms with E-state index in [-0.39, 0.29) is 24.1 Å². The Kier molecular flexibility index (Phi) is 4.78. The molecule has 2 fully saturated rings. The van der Waals surface area contributed by atoms with E-state index in [1.165, 1.54) is 25.0 Å². The maximum absolute atomic E-state index is 13.3. The van der Waals surface area contributed by atoms with Crippen LogP contribution in [0, 0.1) is 11.7 Å². The fraction of sp³-hybridized carbons (Fsp3) is 0.529. The van der Waals surface area contributed by atoms with Crippen molar-refractivity contribution in [3.63, 3.8) is 0 Å². The summed E-state index contributed by atoms with van der Waals surface area (Å²) in [6.45, 7) is 0. The highest BCUT2D eigenvalue weighted by Gasteiger charge is 2.34. The second-order valence-corrected chi connectivity index (χ2v) is 6.86. The van der Waals surface area contributed by atoms with Gasteiger partial charge in [0.25, 0.3) is 0 Å². The van der Waals surface area contributed by atoms with Crippen LogP contribution in [0.1, 0.15) is 32.1 Å². The van der Waals surface area contributed by atoms with Crippen molar-refractivity contribution < 1.29 is 9.18 Å². The SMILES string of the molecule is Cl.Cn1c(NC(=O)CC2CC3CCC(C2)N3)nc2cc(F)ccc21. The van der Waals surface area contributed by atoms with E-state index in [1.54, 1.807) is 10.6 Å². The Bertz CT molecular complexity index is 750. The number of carbonyl (C=O) groups excluding carboxylic acids is 1. The number of aryl methyl sites for hydroxylation is 1. The third-order valence-corrected chi connectivity index (χ3v) is 5.14. The first kappa shape index (κ1) is 17.2. The summed E-state index contributed by atoms with van der Waals surface area (Å²) in [5.41, 5.74) is 1.37. The highest BCUT2D eigenvalue weighted by atomic mass is 35.5. The Morgan fingerprint density at radius 3 is 2.79 bits per heavy atom. The van der Waals surface area contributed by atoms with E-state index in [2.05, 4.69) is 15.6 Å². The van der Waals surface area contributed by atoms with Gasteiger partial charge in [0.15, 0.2) is 0 Å². The maximum atomic E-state index is 13.3. The van der Waals surface area contributed by atoms with Gasteiger partial charge in [0.2, 0.25) is 11.9 Å². The Hall–Kier alpha value is -1.66. The van der Waals surface area contributed by atoms with Gasteiger partial charge in [-0.1, -0.05) is 0 Å². The molecule has 5 nitrogen and oxygen atoms in total. The minimum absolute atomic E-state index is 0. The molecular weight excluding hydrogens is 331 g/mol. The van der Waals surface area contributed by atoms with Crippen LogP contribution >= 0.6 is 12.4 Å². The summed E-state index contributed by atoms with van der Waals surface area (Å²) >= 11 is 0. The van der Waals surface area contributed by atoms with Gasteiger partial charge in [0.05, 0.1) is 11.0 Å². The fourth-order valence-corrected chi connectivity index (χ4v) is 4.06. The zero-order valence-electron chi connectivity index (χ0n) is 13.6. The Morgan fingerprint density at radius 1 is 1.38 bits per heavy atom. The first-order chi connectivity index (χ1) is 11.1. The summed E-state index contributed by atoms with van der Waals surface area (Å²) in [4.78, 5) is 16.7. The van der Waals surface area contributed by atoms with E-state index in [9.17, 15) is 9.18 Å². The van der Waals surface area contributed by atoms with Gasteiger partial charge in [-0.2, -0.15) is 0 Å². The van der Waals surface area contributed by atoms with Crippen LogP contribution in [0.3, 0.4) is 0 Å². The van der Waals surface area contributed by atoms with Gasteiger partial charge in [-0.15, -0.1) is 12.4 Å². The number of nitrogens with zero attached hydrogens (tertiary/aromatic N) is 2. The molecular formula is C17H22ClFN4O. The number of hydrogen-bond donors (Lipinski definition) is 2. The standard InChI is InChI=1S/C17H21FN4O.ClH/c1-22-15-5-2-11(18)9-14(15)20-17(22)21-16(23)8-10-6-12-3-4-13(7-10)19-12;/h2,5,9-10,12-13,19H,3-4,6-8H2,1H3,(H,20,21,23);1H. The molecule has 2 aromatic rings. The van der Waals surface area contributed by atoms with Crippen LogP contribution in [0.5, 0.6) is 0 Å². The first-order valence-corrected chi connectivity index (χ1v) is 8.26. The molecule has 130 valence electrons. The molecule has 0 saturated carbocycles. The van der Waals surface area contributed by atoms with Crippen molar-refractivity contribution in [2.24, 2.45) is 13.0 Å². The lowest BCUT2D eigenvalue weighted by molar-refractivity contribution is -0.117. The number of carbonyl (C=O) groups is 1. The van der Waals surface area contributed by atoms with E-state index in [4.69, 9.17) is 0 Å². The van der Waals surface area contributed by atoms with Crippen LogP contribution in [0.2, 0.25) is 0 Å². The quantitative estimate of drug-likeness (QED) is 0.892. The van der Waals surface area contributed by atoms with Crippen molar-refractivity contribution in [3.8, 4) is 0 Å². The maximum Gasteiger partial charge on any atom is 0.226 e. The second kappa shape index (κ2) is 6.69. The molecule has 2 unspecified atom stereocenters. The van der Waals surface area contributed by atoms with Crippen LogP contribution in [-0.2, 0) is 11.8 Å². The molecule has 0 aliphatic carbocycles. The number of amides is 1. The number of halogens is 2. The molecule has 4 rings (SSSR count). The third-order valence-electron chi connectivity index (χ3n) is 5.14. The topological polar surface area (TPSA) is 59.0 Å². The fourth-order valence-electron chi connectivity index (χ4n) is 4.06. The third kappa shape index (κ3) is 3.26. The van der Waals surface area contributed by atoms with E-state index in [0.717, 1.165) is 18.4 Å². The number of aromatic nitrogens is 2. The van der Waals surface area contributed by atoms with Crippen molar-refractivity contribution in [2.75, 3.05) is 5.32 Å². The van der Waals surface area contributed by atoms with Gasteiger partial charge in [0, 0.05) is 31.6 Å². The number of rotatable bonds is 3. The molecule has 2 atom stereocenters. The zero-order valence-corrected chi connectivity index (χ0v) is 14.4. The Morgan fingerprint density at radius 2 is 2.08 bits per heavy atom. The van der Waals surface area contributed by atoms with Crippen molar-refractivity contribution >= 4 is 35.3 Å². The van der Waals surface area contributed by atoms with Gasteiger partial charge >= 0.3 is 0 Å². The molecule has 7 heteroatoms. The Balaban J connectivity index is 0.00000169. The van der Waals surface area contributed by atoms with Crippen LogP contribution < -0.4 is 10.6 Å². The smallest absolute Gasteiger partial charge is 0.226 e. The van der Waals surface area contributed by atoms with E-state index in [1.807, 2.05) is 7.05 Å².